The van der Waals surface area contributed by atoms with Crippen molar-refractivity contribution in [3.8, 4) is 0 Å². The minimum atomic E-state index is -0.741. The molecular formula is C8H7ClFNO. The number of carbonyl (C=O) groups excluding carboxylic acids is 1. The Morgan fingerprint density at radius 1 is 1.58 bits per heavy atom. The molecule has 12 heavy (non-hydrogen) atoms. The normalized spacial score (nSPS) is 9.92. The standard InChI is InChI=1S/C8H7ClFNO/c1-4(12)5-2-3-6(9)8(11)7(5)10/h2-3H,11H2,1H3. The summed E-state index contributed by atoms with van der Waals surface area (Å²) in [6.45, 7) is 1.27. The van der Waals surface area contributed by atoms with Gasteiger partial charge in [-0.05, 0) is 19.1 Å². The molecule has 0 atom stereocenters. The van der Waals surface area contributed by atoms with Gasteiger partial charge in [0.2, 0.25) is 0 Å². The maximum atomic E-state index is 13.1. The summed E-state index contributed by atoms with van der Waals surface area (Å²) >= 11 is 5.51. The van der Waals surface area contributed by atoms with Gasteiger partial charge in [-0.25, -0.2) is 4.39 Å². The lowest BCUT2D eigenvalue weighted by Gasteiger charge is -2.02. The van der Waals surface area contributed by atoms with Crippen LogP contribution >= 0.6 is 11.6 Å². The minimum Gasteiger partial charge on any atom is -0.395 e. The van der Waals surface area contributed by atoms with Crippen LogP contribution in [0.2, 0.25) is 5.02 Å². The summed E-state index contributed by atoms with van der Waals surface area (Å²) in [7, 11) is 0. The highest BCUT2D eigenvalue weighted by molar-refractivity contribution is 6.33. The maximum absolute atomic E-state index is 13.1. The number of nitrogens with two attached hydrogens (primary N) is 1. The lowest BCUT2D eigenvalue weighted by molar-refractivity contribution is 0.101. The first-order valence-electron chi connectivity index (χ1n) is 3.28. The van der Waals surface area contributed by atoms with E-state index in [1.165, 1.54) is 19.1 Å². The molecule has 64 valence electrons. The van der Waals surface area contributed by atoms with E-state index < -0.39 is 5.82 Å². The molecule has 2 nitrogen and oxygen atoms in total. The van der Waals surface area contributed by atoms with Crippen LogP contribution in [0.3, 0.4) is 0 Å². The van der Waals surface area contributed by atoms with Gasteiger partial charge in [0.25, 0.3) is 0 Å². The Morgan fingerprint density at radius 2 is 2.17 bits per heavy atom. The van der Waals surface area contributed by atoms with Crippen molar-refractivity contribution in [2.45, 2.75) is 6.92 Å². The van der Waals surface area contributed by atoms with Gasteiger partial charge in [-0.15, -0.1) is 0 Å². The molecule has 1 aromatic rings. The second-order valence-corrected chi connectivity index (χ2v) is 2.79. The fourth-order valence-electron chi connectivity index (χ4n) is 0.841. The number of halogens is 2. The average molecular weight is 188 g/mol. The van der Waals surface area contributed by atoms with Crippen LogP contribution in [-0.4, -0.2) is 5.78 Å². The topological polar surface area (TPSA) is 43.1 Å². The molecule has 0 saturated heterocycles. The third-order valence-electron chi connectivity index (χ3n) is 1.51. The molecule has 0 fully saturated rings. The van der Waals surface area contributed by atoms with Gasteiger partial charge >= 0.3 is 0 Å². The van der Waals surface area contributed by atoms with Crippen molar-refractivity contribution in [2.24, 2.45) is 0 Å². The number of anilines is 1. The highest BCUT2D eigenvalue weighted by Gasteiger charge is 2.11. The fourth-order valence-corrected chi connectivity index (χ4v) is 0.987. The molecule has 0 radical (unpaired) electrons. The highest BCUT2D eigenvalue weighted by atomic mass is 35.5. The monoisotopic (exact) mass is 187 g/mol. The van der Waals surface area contributed by atoms with Crippen LogP contribution in [0.4, 0.5) is 10.1 Å². The van der Waals surface area contributed by atoms with E-state index in [1.54, 1.807) is 0 Å². The smallest absolute Gasteiger partial charge is 0.162 e. The van der Waals surface area contributed by atoms with Crippen LogP contribution in [0.25, 0.3) is 0 Å². The van der Waals surface area contributed by atoms with E-state index in [0.717, 1.165) is 0 Å². The fraction of sp³-hybridized carbons (Fsp3) is 0.125. The van der Waals surface area contributed by atoms with E-state index in [1.807, 2.05) is 0 Å². The zero-order valence-electron chi connectivity index (χ0n) is 6.40. The molecular weight excluding hydrogens is 181 g/mol. The number of benzene rings is 1. The Labute approximate surface area is 74.1 Å². The van der Waals surface area contributed by atoms with Gasteiger partial charge in [0, 0.05) is 0 Å². The molecule has 0 unspecified atom stereocenters. The zero-order chi connectivity index (χ0) is 9.30. The quantitative estimate of drug-likeness (QED) is 0.541. The molecule has 0 amide bonds. The van der Waals surface area contributed by atoms with Gasteiger partial charge in [-0.2, -0.15) is 0 Å². The van der Waals surface area contributed by atoms with Crippen LogP contribution in [0.15, 0.2) is 12.1 Å². The molecule has 0 aliphatic carbocycles. The van der Waals surface area contributed by atoms with Gasteiger partial charge in [0.1, 0.15) is 0 Å². The van der Waals surface area contributed by atoms with Crippen molar-refractivity contribution in [3.05, 3.63) is 28.5 Å². The van der Waals surface area contributed by atoms with Gasteiger partial charge in [0.15, 0.2) is 11.6 Å². The molecule has 2 N–H and O–H groups in total. The van der Waals surface area contributed by atoms with Gasteiger partial charge < -0.3 is 5.73 Å². The number of rotatable bonds is 1. The van der Waals surface area contributed by atoms with E-state index in [9.17, 15) is 9.18 Å². The van der Waals surface area contributed by atoms with Crippen LogP contribution in [0.5, 0.6) is 0 Å². The van der Waals surface area contributed by atoms with Crippen LogP contribution in [-0.2, 0) is 0 Å². The van der Waals surface area contributed by atoms with Crippen molar-refractivity contribution in [2.75, 3.05) is 5.73 Å². The Hall–Kier alpha value is -1.09. The summed E-state index contributed by atoms with van der Waals surface area (Å²) in [6.07, 6.45) is 0. The van der Waals surface area contributed by atoms with Crippen molar-refractivity contribution in [1.29, 1.82) is 0 Å². The van der Waals surface area contributed by atoms with Crippen molar-refractivity contribution in [1.82, 2.24) is 0 Å². The summed E-state index contributed by atoms with van der Waals surface area (Å²) in [5.74, 6) is -1.11. The maximum Gasteiger partial charge on any atom is 0.162 e. The van der Waals surface area contributed by atoms with Crippen LogP contribution < -0.4 is 5.73 Å². The first-order valence-corrected chi connectivity index (χ1v) is 3.66. The predicted octanol–water partition coefficient (Wildman–Crippen LogP) is 2.26. The molecule has 0 aliphatic heterocycles. The third-order valence-corrected chi connectivity index (χ3v) is 1.84. The number of ketones is 1. The first-order chi connectivity index (χ1) is 5.54. The summed E-state index contributed by atoms with van der Waals surface area (Å²) in [5.41, 5.74) is 5.05. The predicted molar refractivity (Wildman–Crippen MR) is 45.8 cm³/mol. The number of nitrogen functional groups attached to an aromatic ring is 1. The van der Waals surface area contributed by atoms with E-state index in [-0.39, 0.29) is 22.1 Å². The Morgan fingerprint density at radius 3 is 2.67 bits per heavy atom. The zero-order valence-corrected chi connectivity index (χ0v) is 7.15. The second kappa shape index (κ2) is 3.11. The van der Waals surface area contributed by atoms with Crippen LogP contribution in [0.1, 0.15) is 17.3 Å². The van der Waals surface area contributed by atoms with Crippen LogP contribution in [0, 0.1) is 5.82 Å². The van der Waals surface area contributed by atoms with Gasteiger partial charge in [0.05, 0.1) is 16.3 Å². The molecule has 0 bridgehead atoms. The molecule has 0 spiro atoms. The second-order valence-electron chi connectivity index (χ2n) is 2.38. The van der Waals surface area contributed by atoms with Gasteiger partial charge in [-0.1, -0.05) is 11.6 Å². The minimum absolute atomic E-state index is 0.0306. The lowest BCUT2D eigenvalue weighted by Crippen LogP contribution is -2.01. The first kappa shape index (κ1) is 9.00. The summed E-state index contributed by atoms with van der Waals surface area (Å²) < 4.78 is 13.1. The molecule has 0 heterocycles. The van der Waals surface area contributed by atoms with E-state index in [2.05, 4.69) is 0 Å². The number of hydrogen-bond acceptors (Lipinski definition) is 2. The SMILES string of the molecule is CC(=O)c1ccc(Cl)c(N)c1F. The Kier molecular flexibility index (Phi) is 2.33. The van der Waals surface area contributed by atoms with E-state index >= 15 is 0 Å². The summed E-state index contributed by atoms with van der Waals surface area (Å²) in [6, 6.07) is 2.72. The molecule has 0 aromatic heterocycles. The van der Waals surface area contributed by atoms with Crippen molar-refractivity contribution in [3.63, 3.8) is 0 Å². The molecule has 0 saturated carbocycles. The Balaban J connectivity index is 3.36. The van der Waals surface area contributed by atoms with E-state index in [0.29, 0.717) is 0 Å². The number of Topliss-reactive ketones (excluding diaryl/α,β-unsaturated/α-hetero) is 1. The van der Waals surface area contributed by atoms with Crippen molar-refractivity contribution < 1.29 is 9.18 Å². The summed E-state index contributed by atoms with van der Waals surface area (Å²) in [4.78, 5) is 10.8. The number of carbonyl (C=O) groups is 1. The number of hydrogen-bond donors (Lipinski definition) is 1. The average Bonchev–Trinajstić information content (AvgIpc) is 2.00. The Bertz CT molecular complexity index is 338. The summed E-state index contributed by atoms with van der Waals surface area (Å²) in [5, 5.41) is 0.123. The molecule has 4 heteroatoms. The highest BCUT2D eigenvalue weighted by Crippen LogP contribution is 2.24. The largest absolute Gasteiger partial charge is 0.395 e. The molecule has 0 aliphatic rings. The molecule has 1 aromatic carbocycles. The van der Waals surface area contributed by atoms with E-state index in [4.69, 9.17) is 17.3 Å². The lowest BCUT2D eigenvalue weighted by atomic mass is 10.1. The third kappa shape index (κ3) is 1.41. The molecule has 1 rings (SSSR count). The van der Waals surface area contributed by atoms with Gasteiger partial charge in [-0.3, -0.25) is 4.79 Å². The van der Waals surface area contributed by atoms with Crippen molar-refractivity contribution >= 4 is 23.1 Å².